The van der Waals surface area contributed by atoms with Crippen molar-refractivity contribution in [1.29, 1.82) is 0 Å². The number of hydrogen-bond donors (Lipinski definition) is 2. The van der Waals surface area contributed by atoms with Crippen LogP contribution in [0.1, 0.15) is 0 Å². The second-order valence-electron chi connectivity index (χ2n) is 3.15. The van der Waals surface area contributed by atoms with Crippen LogP contribution in [0.5, 0.6) is 0 Å². The van der Waals surface area contributed by atoms with Crippen molar-refractivity contribution in [2.75, 3.05) is 39.3 Å². The van der Waals surface area contributed by atoms with Gasteiger partial charge >= 0.3 is 0 Å². The van der Waals surface area contributed by atoms with Gasteiger partial charge in [0.15, 0.2) is 0 Å². The Labute approximate surface area is 78.3 Å². The maximum Gasteiger partial charge on any atom is 0.143 e. The highest BCUT2D eigenvalue weighted by Crippen LogP contribution is 2.56. The Bertz CT molecular complexity index is 198. The van der Waals surface area contributed by atoms with Gasteiger partial charge in [0, 0.05) is 39.3 Å². The molecule has 2 heterocycles. The Kier molecular flexibility index (Phi) is 2.51. The van der Waals surface area contributed by atoms with Gasteiger partial charge in [-0.2, -0.15) is 0 Å². The second kappa shape index (κ2) is 3.33. The minimum absolute atomic E-state index is 0.681. The summed E-state index contributed by atoms with van der Waals surface area (Å²) in [6, 6.07) is 0. The molecule has 4 nitrogen and oxygen atoms in total. The molecular formula is C6H15N4PS. The molecule has 0 spiro atoms. The van der Waals surface area contributed by atoms with Gasteiger partial charge in [0.05, 0.1) is 0 Å². The predicted octanol–water partition coefficient (Wildman–Crippen LogP) is -0.610. The maximum atomic E-state index is 5.64. The molecule has 0 aromatic carbocycles. The first kappa shape index (κ1) is 9.06. The highest BCUT2D eigenvalue weighted by atomic mass is 32.4. The summed E-state index contributed by atoms with van der Waals surface area (Å²) in [6.07, 6.45) is 0. The molecule has 0 saturated carbocycles. The van der Waals surface area contributed by atoms with Crippen LogP contribution in [0, 0.1) is 0 Å². The molecule has 0 atom stereocenters. The molecule has 12 heavy (non-hydrogen) atoms. The van der Waals surface area contributed by atoms with Crippen molar-refractivity contribution in [2.45, 2.75) is 0 Å². The molecule has 2 aliphatic heterocycles. The van der Waals surface area contributed by atoms with Crippen LogP contribution in [0.3, 0.4) is 0 Å². The van der Waals surface area contributed by atoms with Gasteiger partial charge in [0.2, 0.25) is 0 Å². The van der Waals surface area contributed by atoms with E-state index in [0.717, 1.165) is 6.54 Å². The van der Waals surface area contributed by atoms with E-state index >= 15 is 0 Å². The van der Waals surface area contributed by atoms with Crippen LogP contribution in [0.4, 0.5) is 0 Å². The first-order chi connectivity index (χ1) is 5.77. The van der Waals surface area contributed by atoms with Gasteiger partial charge in [-0.1, -0.05) is 0 Å². The van der Waals surface area contributed by atoms with Crippen LogP contribution in [-0.4, -0.2) is 48.6 Å². The highest BCUT2D eigenvalue weighted by molar-refractivity contribution is 8.11. The normalized spacial score (nSPS) is 24.4. The average Bonchev–Trinajstić information content (AvgIpc) is 2.92. The van der Waals surface area contributed by atoms with Crippen molar-refractivity contribution >= 4 is 18.3 Å². The Morgan fingerprint density at radius 2 is 1.75 bits per heavy atom. The topological polar surface area (TPSA) is 44.1 Å². The third-order valence-corrected chi connectivity index (χ3v) is 6.82. The predicted molar refractivity (Wildman–Crippen MR) is 54.5 cm³/mol. The Morgan fingerprint density at radius 3 is 2.08 bits per heavy atom. The van der Waals surface area contributed by atoms with Gasteiger partial charge in [-0.05, 0) is 11.8 Å². The maximum absolute atomic E-state index is 5.64. The average molecular weight is 206 g/mol. The Balaban J connectivity index is 1.95. The molecule has 0 aromatic rings. The summed E-state index contributed by atoms with van der Waals surface area (Å²) in [5.74, 6) is 0. The summed E-state index contributed by atoms with van der Waals surface area (Å²) in [5.41, 5.74) is 5.45. The minimum Gasteiger partial charge on any atom is -0.329 e. The van der Waals surface area contributed by atoms with Crippen molar-refractivity contribution in [1.82, 2.24) is 14.4 Å². The Morgan fingerprint density at radius 1 is 1.25 bits per heavy atom. The van der Waals surface area contributed by atoms with Crippen LogP contribution in [0.15, 0.2) is 0 Å². The molecule has 0 aliphatic carbocycles. The van der Waals surface area contributed by atoms with Crippen molar-refractivity contribution in [3.63, 3.8) is 0 Å². The van der Waals surface area contributed by atoms with Gasteiger partial charge in [-0.25, -0.2) is 9.34 Å². The summed E-state index contributed by atoms with van der Waals surface area (Å²) in [5, 5.41) is 3.42. The molecular weight excluding hydrogens is 191 g/mol. The van der Waals surface area contributed by atoms with Gasteiger partial charge in [0.1, 0.15) is 6.49 Å². The molecule has 0 aromatic heterocycles. The lowest BCUT2D eigenvalue weighted by Gasteiger charge is -2.25. The fourth-order valence-corrected chi connectivity index (χ4v) is 4.92. The Hall–Kier alpha value is 0.490. The van der Waals surface area contributed by atoms with E-state index in [2.05, 4.69) is 14.4 Å². The fraction of sp³-hybridized carbons (Fsp3) is 1.00. The molecule has 2 saturated heterocycles. The van der Waals surface area contributed by atoms with Crippen LogP contribution in [-0.2, 0) is 11.8 Å². The molecule has 3 N–H and O–H groups in total. The van der Waals surface area contributed by atoms with E-state index in [1.54, 1.807) is 0 Å². The van der Waals surface area contributed by atoms with Crippen molar-refractivity contribution < 1.29 is 0 Å². The second-order valence-corrected chi connectivity index (χ2v) is 7.21. The lowest BCUT2D eigenvalue weighted by Crippen LogP contribution is -2.26. The zero-order valence-electron chi connectivity index (χ0n) is 7.07. The molecule has 0 radical (unpaired) electrons. The fourth-order valence-electron chi connectivity index (χ4n) is 1.22. The van der Waals surface area contributed by atoms with Crippen molar-refractivity contribution in [3.05, 3.63) is 0 Å². The van der Waals surface area contributed by atoms with Crippen LogP contribution in [0.25, 0.3) is 0 Å². The molecule has 0 bridgehead atoms. The zero-order chi connectivity index (χ0) is 8.60. The lowest BCUT2D eigenvalue weighted by atomic mass is 10.7. The van der Waals surface area contributed by atoms with Crippen LogP contribution < -0.4 is 10.8 Å². The smallest absolute Gasteiger partial charge is 0.143 e. The minimum atomic E-state index is -1.49. The van der Waals surface area contributed by atoms with E-state index in [1.165, 1.54) is 26.2 Å². The molecule has 0 amide bonds. The van der Waals surface area contributed by atoms with E-state index < -0.39 is 6.49 Å². The summed E-state index contributed by atoms with van der Waals surface area (Å²) in [7, 11) is 0. The summed E-state index contributed by atoms with van der Waals surface area (Å²) in [4.78, 5) is 0. The molecule has 0 unspecified atom stereocenters. The SMILES string of the molecule is NCCNP(=S)(N1CC1)N1CC1. The standard InChI is InChI=1S/C6H15N4PS/c7-1-2-8-11(12,9-3-4-9)10-5-6-10/h1-7H2,(H,8,12). The number of hydrogen-bond acceptors (Lipinski definition) is 2. The monoisotopic (exact) mass is 206 g/mol. The van der Waals surface area contributed by atoms with E-state index in [0.29, 0.717) is 6.54 Å². The number of nitrogens with zero attached hydrogens (tertiary/aromatic N) is 2. The molecule has 6 heteroatoms. The lowest BCUT2D eigenvalue weighted by molar-refractivity contribution is 0.739. The van der Waals surface area contributed by atoms with Crippen molar-refractivity contribution in [3.8, 4) is 0 Å². The van der Waals surface area contributed by atoms with E-state index in [4.69, 9.17) is 17.5 Å². The van der Waals surface area contributed by atoms with E-state index in [-0.39, 0.29) is 0 Å². The first-order valence-corrected chi connectivity index (χ1v) is 7.04. The quantitative estimate of drug-likeness (QED) is 0.464. The van der Waals surface area contributed by atoms with Gasteiger partial charge in [-0.15, -0.1) is 0 Å². The molecule has 2 fully saturated rings. The molecule has 2 aliphatic rings. The summed E-state index contributed by atoms with van der Waals surface area (Å²) >= 11 is 5.64. The molecule has 2 rings (SSSR count). The molecule has 70 valence electrons. The first-order valence-electron chi connectivity index (χ1n) is 4.33. The summed E-state index contributed by atoms with van der Waals surface area (Å²) < 4.78 is 4.73. The van der Waals surface area contributed by atoms with Gasteiger partial charge < -0.3 is 5.73 Å². The van der Waals surface area contributed by atoms with Crippen molar-refractivity contribution in [2.24, 2.45) is 5.73 Å². The number of nitrogens with two attached hydrogens (primary N) is 1. The number of rotatable bonds is 5. The van der Waals surface area contributed by atoms with Crippen LogP contribution in [0.2, 0.25) is 0 Å². The van der Waals surface area contributed by atoms with Gasteiger partial charge in [-0.3, -0.25) is 5.09 Å². The largest absolute Gasteiger partial charge is 0.329 e. The number of nitrogens with one attached hydrogen (secondary N) is 1. The van der Waals surface area contributed by atoms with E-state index in [9.17, 15) is 0 Å². The van der Waals surface area contributed by atoms with E-state index in [1.807, 2.05) is 0 Å². The summed E-state index contributed by atoms with van der Waals surface area (Å²) in [6.45, 7) is 4.73. The van der Waals surface area contributed by atoms with Crippen LogP contribution >= 0.6 is 6.49 Å². The van der Waals surface area contributed by atoms with Gasteiger partial charge in [0.25, 0.3) is 0 Å². The highest BCUT2D eigenvalue weighted by Gasteiger charge is 2.43. The third kappa shape index (κ3) is 1.71. The zero-order valence-corrected chi connectivity index (χ0v) is 8.78. The third-order valence-electron chi connectivity index (χ3n) is 2.08.